The van der Waals surface area contributed by atoms with E-state index in [9.17, 15) is 4.79 Å². The molecule has 0 bridgehead atoms. The molecule has 0 saturated carbocycles. The zero-order chi connectivity index (χ0) is 19.2. The van der Waals surface area contributed by atoms with E-state index in [1.54, 1.807) is 0 Å². The fraction of sp³-hybridized carbons (Fsp3) is 0.545. The van der Waals surface area contributed by atoms with Crippen molar-refractivity contribution in [3.05, 3.63) is 52.3 Å². The summed E-state index contributed by atoms with van der Waals surface area (Å²) in [5.41, 5.74) is 5.92. The number of carbonyl (C=O) groups excluding carboxylic acids is 1. The maximum absolute atomic E-state index is 12.4. The van der Waals surface area contributed by atoms with Crippen LogP contribution in [0.15, 0.2) is 24.3 Å². The molecule has 0 radical (unpaired) electrons. The molecule has 1 amide bonds. The predicted octanol–water partition coefficient (Wildman–Crippen LogP) is 3.27. The molecule has 1 aromatic heterocycles. The van der Waals surface area contributed by atoms with E-state index in [0.29, 0.717) is 13.0 Å². The van der Waals surface area contributed by atoms with Gasteiger partial charge in [0.25, 0.3) is 0 Å². The van der Waals surface area contributed by atoms with Gasteiger partial charge in [0, 0.05) is 32.3 Å². The third kappa shape index (κ3) is 5.19. The van der Waals surface area contributed by atoms with Crippen LogP contribution in [0.1, 0.15) is 53.8 Å². The van der Waals surface area contributed by atoms with Gasteiger partial charge in [0.05, 0.1) is 5.69 Å². The van der Waals surface area contributed by atoms with Gasteiger partial charge < -0.3 is 5.32 Å². The minimum atomic E-state index is 0.102. The second kappa shape index (κ2) is 9.18. The molecule has 1 aliphatic heterocycles. The number of hydrogen-bond donors (Lipinski definition) is 1. The number of hydrogen-bond acceptors (Lipinski definition) is 3. The largest absolute Gasteiger partial charge is 0.352 e. The molecule has 3 rings (SSSR count). The summed E-state index contributed by atoms with van der Waals surface area (Å²) in [6.07, 6.45) is 5.19. The highest BCUT2D eigenvalue weighted by Gasteiger charge is 2.14. The third-order valence-electron chi connectivity index (χ3n) is 5.70. The summed E-state index contributed by atoms with van der Waals surface area (Å²) in [4.78, 5) is 14.9. The number of amides is 1. The molecule has 5 nitrogen and oxygen atoms in total. The quantitative estimate of drug-likeness (QED) is 0.816. The van der Waals surface area contributed by atoms with Gasteiger partial charge in [0.2, 0.25) is 5.91 Å². The summed E-state index contributed by atoms with van der Waals surface area (Å²) >= 11 is 0. The van der Waals surface area contributed by atoms with Crippen molar-refractivity contribution < 1.29 is 4.79 Å². The minimum Gasteiger partial charge on any atom is -0.352 e. The monoisotopic (exact) mass is 368 g/mol. The van der Waals surface area contributed by atoms with E-state index >= 15 is 0 Å². The highest BCUT2D eigenvalue weighted by molar-refractivity contribution is 5.76. The Balaban J connectivity index is 1.52. The van der Waals surface area contributed by atoms with E-state index in [2.05, 4.69) is 46.5 Å². The van der Waals surface area contributed by atoms with Crippen LogP contribution in [0.3, 0.4) is 0 Å². The number of aromatic nitrogens is 2. The van der Waals surface area contributed by atoms with Gasteiger partial charge in [-0.2, -0.15) is 5.10 Å². The van der Waals surface area contributed by atoms with Gasteiger partial charge >= 0.3 is 0 Å². The van der Waals surface area contributed by atoms with Crippen molar-refractivity contribution in [2.24, 2.45) is 7.05 Å². The molecule has 146 valence electrons. The lowest BCUT2D eigenvalue weighted by molar-refractivity contribution is -0.121. The summed E-state index contributed by atoms with van der Waals surface area (Å²) in [5, 5.41) is 7.54. The maximum Gasteiger partial charge on any atom is 0.220 e. The second-order valence-electron chi connectivity index (χ2n) is 7.66. The average Bonchev–Trinajstić information content (AvgIpc) is 2.92. The van der Waals surface area contributed by atoms with Crippen LogP contribution in [-0.2, 0) is 31.4 Å². The molecule has 1 saturated heterocycles. The van der Waals surface area contributed by atoms with Crippen molar-refractivity contribution in [2.75, 3.05) is 13.1 Å². The summed E-state index contributed by atoms with van der Waals surface area (Å²) < 4.78 is 1.89. The number of aryl methyl sites for hydroxylation is 2. The van der Waals surface area contributed by atoms with Gasteiger partial charge in [-0.25, -0.2) is 0 Å². The predicted molar refractivity (Wildman–Crippen MR) is 108 cm³/mol. The topological polar surface area (TPSA) is 50.2 Å². The Hall–Kier alpha value is -2.14. The number of piperidine rings is 1. The maximum atomic E-state index is 12.4. The summed E-state index contributed by atoms with van der Waals surface area (Å²) in [5.74, 6) is 0.102. The Bertz CT molecular complexity index is 775. The molecule has 5 heteroatoms. The van der Waals surface area contributed by atoms with Crippen LogP contribution >= 0.6 is 0 Å². The molecule has 2 heterocycles. The first kappa shape index (κ1) is 19.6. The summed E-state index contributed by atoms with van der Waals surface area (Å²) in [7, 11) is 1.95. The lowest BCUT2D eigenvalue weighted by Crippen LogP contribution is -2.30. The molecule has 1 aliphatic rings. The van der Waals surface area contributed by atoms with Crippen molar-refractivity contribution in [1.29, 1.82) is 0 Å². The molecule has 0 spiro atoms. The first-order chi connectivity index (χ1) is 13.0. The van der Waals surface area contributed by atoms with Gasteiger partial charge in [0.15, 0.2) is 0 Å². The molecule has 0 unspecified atom stereocenters. The standard InChI is InChI=1S/C22H32N4O/c1-17-21(18(2)25(3)24-17)11-12-22(27)23-15-19-9-5-6-10-20(19)16-26-13-7-4-8-14-26/h5-6,9-10H,4,7-8,11-16H2,1-3H3,(H,23,27). The fourth-order valence-electron chi connectivity index (χ4n) is 3.94. The summed E-state index contributed by atoms with van der Waals surface area (Å²) in [6, 6.07) is 8.48. The van der Waals surface area contributed by atoms with Crippen LogP contribution in [0.5, 0.6) is 0 Å². The number of likely N-dealkylation sites (tertiary alicyclic amines) is 1. The smallest absolute Gasteiger partial charge is 0.220 e. The highest BCUT2D eigenvalue weighted by Crippen LogP contribution is 2.17. The van der Waals surface area contributed by atoms with Crippen LogP contribution in [0.25, 0.3) is 0 Å². The van der Waals surface area contributed by atoms with Crippen LogP contribution < -0.4 is 5.32 Å². The summed E-state index contributed by atoms with van der Waals surface area (Å²) in [6.45, 7) is 8.03. The van der Waals surface area contributed by atoms with Gasteiger partial charge in [-0.05, 0) is 62.9 Å². The zero-order valence-corrected chi connectivity index (χ0v) is 16.9. The molecular formula is C22H32N4O. The molecular weight excluding hydrogens is 336 g/mol. The van der Waals surface area contributed by atoms with Crippen molar-refractivity contribution in [3.63, 3.8) is 0 Å². The lowest BCUT2D eigenvalue weighted by Gasteiger charge is -2.27. The Morgan fingerprint density at radius 2 is 1.81 bits per heavy atom. The molecule has 27 heavy (non-hydrogen) atoms. The Morgan fingerprint density at radius 3 is 2.48 bits per heavy atom. The van der Waals surface area contributed by atoms with E-state index in [1.807, 2.05) is 18.7 Å². The third-order valence-corrected chi connectivity index (χ3v) is 5.70. The van der Waals surface area contributed by atoms with Crippen LogP contribution in [0.2, 0.25) is 0 Å². The van der Waals surface area contributed by atoms with Gasteiger partial charge in [-0.15, -0.1) is 0 Å². The number of rotatable bonds is 7. The van der Waals surface area contributed by atoms with E-state index in [4.69, 9.17) is 0 Å². The van der Waals surface area contributed by atoms with Crippen molar-refractivity contribution in [1.82, 2.24) is 20.0 Å². The first-order valence-electron chi connectivity index (χ1n) is 10.1. The normalized spacial score (nSPS) is 15.1. The number of carbonyl (C=O) groups is 1. The van der Waals surface area contributed by atoms with Crippen LogP contribution in [0, 0.1) is 13.8 Å². The van der Waals surface area contributed by atoms with Crippen LogP contribution in [-0.4, -0.2) is 33.7 Å². The van der Waals surface area contributed by atoms with Crippen molar-refractivity contribution in [2.45, 2.75) is 59.0 Å². The van der Waals surface area contributed by atoms with E-state index in [-0.39, 0.29) is 5.91 Å². The van der Waals surface area contributed by atoms with E-state index < -0.39 is 0 Å². The molecule has 1 N–H and O–H groups in total. The van der Waals surface area contributed by atoms with Crippen LogP contribution in [0.4, 0.5) is 0 Å². The molecule has 0 atom stereocenters. The Morgan fingerprint density at radius 1 is 1.11 bits per heavy atom. The SMILES string of the molecule is Cc1nn(C)c(C)c1CCC(=O)NCc1ccccc1CN1CCCCC1. The van der Waals surface area contributed by atoms with Crippen molar-refractivity contribution in [3.8, 4) is 0 Å². The van der Waals surface area contributed by atoms with E-state index in [0.717, 1.165) is 24.4 Å². The van der Waals surface area contributed by atoms with Gasteiger partial charge in [-0.3, -0.25) is 14.4 Å². The second-order valence-corrected chi connectivity index (χ2v) is 7.66. The highest BCUT2D eigenvalue weighted by atomic mass is 16.1. The molecule has 1 aromatic carbocycles. The average molecular weight is 369 g/mol. The molecule has 0 aliphatic carbocycles. The fourth-order valence-corrected chi connectivity index (χ4v) is 3.94. The Kier molecular flexibility index (Phi) is 6.67. The number of nitrogens with one attached hydrogen (secondary N) is 1. The number of benzene rings is 1. The molecule has 2 aromatic rings. The molecule has 1 fully saturated rings. The lowest BCUT2D eigenvalue weighted by atomic mass is 10.0. The van der Waals surface area contributed by atoms with Gasteiger partial charge in [-0.1, -0.05) is 30.7 Å². The van der Waals surface area contributed by atoms with E-state index in [1.165, 1.54) is 49.0 Å². The first-order valence-corrected chi connectivity index (χ1v) is 10.1. The van der Waals surface area contributed by atoms with Crippen molar-refractivity contribution >= 4 is 5.91 Å². The minimum absolute atomic E-state index is 0.102. The Labute approximate surface area is 162 Å². The van der Waals surface area contributed by atoms with Gasteiger partial charge in [0.1, 0.15) is 0 Å². The zero-order valence-electron chi connectivity index (χ0n) is 16.9. The number of nitrogens with zero attached hydrogens (tertiary/aromatic N) is 3.